The Balaban J connectivity index is 2.14. The van der Waals surface area contributed by atoms with Gasteiger partial charge in [0.15, 0.2) is 5.96 Å². The molecule has 1 N–H and O–H groups in total. The number of hydrogen-bond donors (Lipinski definition) is 1. The first kappa shape index (κ1) is 18.2. The smallest absolute Gasteiger partial charge is 0.193 e. The van der Waals surface area contributed by atoms with Crippen LogP contribution < -0.4 is 5.32 Å². The Bertz CT molecular complexity index is 279. The molecular weight excluding hydrogens is 266 g/mol. The van der Waals surface area contributed by atoms with Crippen molar-refractivity contribution in [3.05, 3.63) is 0 Å². The maximum atomic E-state index is 5.66. The fourth-order valence-electron chi connectivity index (χ4n) is 2.31. The molecular formula is C16H33N3O2. The second kappa shape index (κ2) is 11.8. The molecule has 5 nitrogen and oxygen atoms in total. The molecule has 1 rings (SSSR count). The fraction of sp³-hybridized carbons (Fsp3) is 0.938. The maximum absolute atomic E-state index is 5.66. The van der Waals surface area contributed by atoms with Crippen molar-refractivity contribution in [2.24, 2.45) is 4.99 Å². The van der Waals surface area contributed by atoms with Crippen LogP contribution in [0.15, 0.2) is 4.99 Å². The Morgan fingerprint density at radius 2 is 2.24 bits per heavy atom. The summed E-state index contributed by atoms with van der Waals surface area (Å²) >= 11 is 0. The van der Waals surface area contributed by atoms with Crippen molar-refractivity contribution in [1.29, 1.82) is 0 Å². The number of ether oxygens (including phenoxy) is 2. The van der Waals surface area contributed by atoms with Crippen LogP contribution >= 0.6 is 0 Å². The molecule has 1 fully saturated rings. The second-order valence-electron chi connectivity index (χ2n) is 5.57. The van der Waals surface area contributed by atoms with Gasteiger partial charge in [-0.05, 0) is 32.6 Å². The maximum Gasteiger partial charge on any atom is 0.193 e. The van der Waals surface area contributed by atoms with Gasteiger partial charge in [-0.1, -0.05) is 13.3 Å². The predicted octanol–water partition coefficient (Wildman–Crippen LogP) is 2.27. The largest absolute Gasteiger partial charge is 0.379 e. The van der Waals surface area contributed by atoms with E-state index in [1.165, 1.54) is 19.3 Å². The zero-order valence-electron chi connectivity index (χ0n) is 14.1. The number of nitrogens with zero attached hydrogens (tertiary/aromatic N) is 2. The molecule has 0 bridgehead atoms. The van der Waals surface area contributed by atoms with Crippen LogP contribution in [0.5, 0.6) is 0 Å². The quantitative estimate of drug-likeness (QED) is 0.382. The second-order valence-corrected chi connectivity index (χ2v) is 5.57. The van der Waals surface area contributed by atoms with E-state index in [0.717, 1.165) is 58.3 Å². The summed E-state index contributed by atoms with van der Waals surface area (Å²) in [6, 6.07) is 0. The molecule has 21 heavy (non-hydrogen) atoms. The average molecular weight is 299 g/mol. The highest BCUT2D eigenvalue weighted by Gasteiger charge is 2.14. The number of hydrogen-bond acceptors (Lipinski definition) is 3. The van der Waals surface area contributed by atoms with E-state index in [1.54, 1.807) is 0 Å². The highest BCUT2D eigenvalue weighted by atomic mass is 16.5. The van der Waals surface area contributed by atoms with Crippen molar-refractivity contribution in [3.63, 3.8) is 0 Å². The molecule has 0 aliphatic carbocycles. The Hall–Kier alpha value is -0.810. The summed E-state index contributed by atoms with van der Waals surface area (Å²) in [6.45, 7) is 9.49. The van der Waals surface area contributed by atoms with E-state index in [1.807, 2.05) is 0 Å². The lowest BCUT2D eigenvalue weighted by molar-refractivity contribution is 0.0170. The number of rotatable bonds is 10. The minimum Gasteiger partial charge on any atom is -0.379 e. The van der Waals surface area contributed by atoms with Crippen LogP contribution in [0.1, 0.15) is 46.0 Å². The van der Waals surface area contributed by atoms with E-state index < -0.39 is 0 Å². The summed E-state index contributed by atoms with van der Waals surface area (Å²) in [5, 5.41) is 3.34. The lowest BCUT2D eigenvalue weighted by Crippen LogP contribution is -2.39. The van der Waals surface area contributed by atoms with Gasteiger partial charge in [-0.15, -0.1) is 0 Å². The molecule has 0 saturated carbocycles. The van der Waals surface area contributed by atoms with E-state index in [0.29, 0.717) is 6.10 Å². The highest BCUT2D eigenvalue weighted by Crippen LogP contribution is 2.11. The Labute approximate surface area is 130 Å². The van der Waals surface area contributed by atoms with Gasteiger partial charge in [-0.2, -0.15) is 0 Å². The van der Waals surface area contributed by atoms with Crippen LogP contribution in [0, 0.1) is 0 Å². The standard InChI is InChI=1S/C16H33N3O2/c1-4-6-11-19(3)16(17-5-2)18-10-8-12-20-14-15-9-7-13-21-15/h15H,4-14H2,1-3H3,(H,17,18). The Morgan fingerprint density at radius 1 is 1.38 bits per heavy atom. The van der Waals surface area contributed by atoms with Gasteiger partial charge in [-0.25, -0.2) is 0 Å². The summed E-state index contributed by atoms with van der Waals surface area (Å²) in [5.74, 6) is 1.00. The molecule has 0 aromatic carbocycles. The van der Waals surface area contributed by atoms with Crippen LogP contribution in [0.3, 0.4) is 0 Å². The fourth-order valence-corrected chi connectivity index (χ4v) is 2.31. The van der Waals surface area contributed by atoms with Gasteiger partial charge in [0.2, 0.25) is 0 Å². The van der Waals surface area contributed by atoms with Crippen LogP contribution in [-0.2, 0) is 9.47 Å². The van der Waals surface area contributed by atoms with Gasteiger partial charge in [-0.3, -0.25) is 4.99 Å². The number of nitrogens with one attached hydrogen (secondary N) is 1. The predicted molar refractivity (Wildman–Crippen MR) is 87.9 cm³/mol. The molecule has 1 saturated heterocycles. The van der Waals surface area contributed by atoms with Gasteiger partial charge in [0.25, 0.3) is 0 Å². The van der Waals surface area contributed by atoms with Gasteiger partial charge >= 0.3 is 0 Å². The van der Waals surface area contributed by atoms with Crippen molar-refractivity contribution in [1.82, 2.24) is 10.2 Å². The summed E-state index contributed by atoms with van der Waals surface area (Å²) < 4.78 is 11.2. The van der Waals surface area contributed by atoms with Crippen molar-refractivity contribution in [3.8, 4) is 0 Å². The molecule has 0 amide bonds. The zero-order chi connectivity index (χ0) is 15.3. The Morgan fingerprint density at radius 3 is 2.90 bits per heavy atom. The van der Waals surface area contributed by atoms with Gasteiger partial charge < -0.3 is 19.7 Å². The minimum absolute atomic E-state index is 0.325. The third-order valence-electron chi connectivity index (χ3n) is 3.58. The number of guanidine groups is 1. The monoisotopic (exact) mass is 299 g/mol. The summed E-state index contributed by atoms with van der Waals surface area (Å²) in [6.07, 6.45) is 6.01. The van der Waals surface area contributed by atoms with Gasteiger partial charge in [0.1, 0.15) is 0 Å². The van der Waals surface area contributed by atoms with E-state index in [4.69, 9.17) is 9.47 Å². The topological polar surface area (TPSA) is 46.1 Å². The first-order valence-electron chi connectivity index (χ1n) is 8.46. The summed E-state index contributed by atoms with van der Waals surface area (Å²) in [7, 11) is 2.10. The third-order valence-corrected chi connectivity index (χ3v) is 3.58. The molecule has 1 aliphatic heterocycles. The molecule has 0 radical (unpaired) electrons. The zero-order valence-corrected chi connectivity index (χ0v) is 14.1. The van der Waals surface area contributed by atoms with Gasteiger partial charge in [0, 0.05) is 39.9 Å². The van der Waals surface area contributed by atoms with Gasteiger partial charge in [0.05, 0.1) is 12.7 Å². The molecule has 0 spiro atoms. The van der Waals surface area contributed by atoms with Crippen molar-refractivity contribution in [2.75, 3.05) is 46.5 Å². The molecule has 5 heteroatoms. The summed E-state index contributed by atoms with van der Waals surface area (Å²) in [5.41, 5.74) is 0. The molecule has 0 aromatic heterocycles. The van der Waals surface area contributed by atoms with E-state index in [-0.39, 0.29) is 0 Å². The molecule has 1 unspecified atom stereocenters. The molecule has 0 aromatic rings. The number of unbranched alkanes of at least 4 members (excludes halogenated alkanes) is 1. The van der Waals surface area contributed by atoms with E-state index >= 15 is 0 Å². The highest BCUT2D eigenvalue weighted by molar-refractivity contribution is 5.79. The third kappa shape index (κ3) is 8.27. The SMILES string of the molecule is CCCCN(C)C(=NCCCOCC1CCCO1)NCC. The van der Waals surface area contributed by atoms with Crippen LogP contribution in [-0.4, -0.2) is 63.5 Å². The van der Waals surface area contributed by atoms with Crippen LogP contribution in [0.2, 0.25) is 0 Å². The summed E-state index contributed by atoms with van der Waals surface area (Å²) in [4.78, 5) is 6.86. The lowest BCUT2D eigenvalue weighted by Gasteiger charge is -2.21. The Kier molecular flexibility index (Phi) is 10.3. The van der Waals surface area contributed by atoms with Crippen molar-refractivity contribution < 1.29 is 9.47 Å². The first-order chi connectivity index (χ1) is 10.3. The van der Waals surface area contributed by atoms with E-state index in [2.05, 4.69) is 36.1 Å². The van der Waals surface area contributed by atoms with Crippen LogP contribution in [0.25, 0.3) is 0 Å². The molecule has 1 aliphatic rings. The molecule has 1 atom stereocenters. The van der Waals surface area contributed by atoms with Crippen molar-refractivity contribution >= 4 is 5.96 Å². The number of aliphatic imine (C=N–C) groups is 1. The minimum atomic E-state index is 0.325. The van der Waals surface area contributed by atoms with E-state index in [9.17, 15) is 0 Å². The van der Waals surface area contributed by atoms with Crippen LogP contribution in [0.4, 0.5) is 0 Å². The lowest BCUT2D eigenvalue weighted by atomic mass is 10.2. The average Bonchev–Trinajstić information content (AvgIpc) is 3.00. The van der Waals surface area contributed by atoms with Crippen molar-refractivity contribution in [2.45, 2.75) is 52.1 Å². The molecule has 124 valence electrons. The normalized spacial score (nSPS) is 19.0. The molecule has 1 heterocycles. The first-order valence-corrected chi connectivity index (χ1v) is 8.46.